The van der Waals surface area contributed by atoms with Gasteiger partial charge < -0.3 is 9.47 Å². The molecule has 2 unspecified atom stereocenters. The Bertz CT molecular complexity index is 272. The lowest BCUT2D eigenvalue weighted by Crippen LogP contribution is -2.32. The third-order valence-electron chi connectivity index (χ3n) is 4.87. The summed E-state index contributed by atoms with van der Waals surface area (Å²) in [5.74, 6) is 0.892. The van der Waals surface area contributed by atoms with Gasteiger partial charge in [-0.05, 0) is 31.1 Å². The topological polar surface area (TPSA) is 35.5 Å². The number of hydrogen-bond donors (Lipinski definition) is 0. The van der Waals surface area contributed by atoms with E-state index in [9.17, 15) is 4.79 Å². The molecule has 3 nitrogen and oxygen atoms in total. The normalized spacial score (nSPS) is 19.2. The van der Waals surface area contributed by atoms with Crippen LogP contribution < -0.4 is 0 Å². The Morgan fingerprint density at radius 3 is 2.43 bits per heavy atom. The summed E-state index contributed by atoms with van der Waals surface area (Å²) in [4.78, 5) is 12.4. The van der Waals surface area contributed by atoms with Crippen LogP contribution in [0.2, 0.25) is 0 Å². The van der Waals surface area contributed by atoms with Gasteiger partial charge in [0.2, 0.25) is 0 Å². The molecule has 0 spiro atoms. The van der Waals surface area contributed by atoms with E-state index in [1.54, 1.807) is 7.11 Å². The maximum Gasteiger partial charge on any atom is 0.311 e. The van der Waals surface area contributed by atoms with E-state index in [0.29, 0.717) is 25.0 Å². The fourth-order valence-corrected chi connectivity index (χ4v) is 3.32. The van der Waals surface area contributed by atoms with Gasteiger partial charge in [0.1, 0.15) is 0 Å². The Balaban J connectivity index is 2.43. The number of unbranched alkanes of at least 4 members (excludes halogenated alkanes) is 1. The van der Waals surface area contributed by atoms with Crippen molar-refractivity contribution in [1.82, 2.24) is 0 Å². The van der Waals surface area contributed by atoms with Crippen molar-refractivity contribution >= 4 is 5.97 Å². The lowest BCUT2D eigenvalue weighted by molar-refractivity contribution is -0.154. The van der Waals surface area contributed by atoms with Gasteiger partial charge >= 0.3 is 5.97 Å². The summed E-state index contributed by atoms with van der Waals surface area (Å²) in [7, 11) is 1.68. The van der Waals surface area contributed by atoms with Crippen LogP contribution in [-0.2, 0) is 14.3 Å². The first-order valence-electron chi connectivity index (χ1n) is 8.88. The van der Waals surface area contributed by atoms with Gasteiger partial charge in [0.15, 0.2) is 0 Å². The van der Waals surface area contributed by atoms with E-state index in [1.807, 2.05) is 0 Å². The minimum Gasteiger partial charge on any atom is -0.465 e. The van der Waals surface area contributed by atoms with E-state index >= 15 is 0 Å². The van der Waals surface area contributed by atoms with E-state index in [-0.39, 0.29) is 11.9 Å². The van der Waals surface area contributed by atoms with E-state index in [0.717, 1.165) is 19.3 Å². The lowest BCUT2D eigenvalue weighted by Gasteiger charge is -2.28. The molecule has 3 heteroatoms. The highest BCUT2D eigenvalue weighted by Crippen LogP contribution is 2.31. The smallest absolute Gasteiger partial charge is 0.311 e. The van der Waals surface area contributed by atoms with Crippen LogP contribution in [0.4, 0.5) is 0 Å². The van der Waals surface area contributed by atoms with Gasteiger partial charge in [-0.15, -0.1) is 0 Å². The molecule has 1 aliphatic rings. The van der Waals surface area contributed by atoms with Gasteiger partial charge in [0, 0.05) is 7.11 Å². The molecular weight excluding hydrogens is 264 g/mol. The molecule has 1 fully saturated rings. The molecule has 0 saturated heterocycles. The monoisotopic (exact) mass is 298 g/mol. The van der Waals surface area contributed by atoms with Gasteiger partial charge in [-0.25, -0.2) is 0 Å². The van der Waals surface area contributed by atoms with Crippen molar-refractivity contribution in [2.75, 3.05) is 20.3 Å². The molecule has 0 amide bonds. The second kappa shape index (κ2) is 11.1. The molecule has 1 rings (SSSR count). The predicted octanol–water partition coefficient (Wildman–Crippen LogP) is 4.59. The summed E-state index contributed by atoms with van der Waals surface area (Å²) >= 11 is 0. The highest BCUT2D eigenvalue weighted by atomic mass is 16.5. The van der Waals surface area contributed by atoms with Crippen LogP contribution in [0.5, 0.6) is 0 Å². The average Bonchev–Trinajstić information content (AvgIpc) is 2.53. The molecule has 2 atom stereocenters. The van der Waals surface area contributed by atoms with Gasteiger partial charge in [-0.1, -0.05) is 52.4 Å². The quantitative estimate of drug-likeness (QED) is 0.553. The maximum absolute atomic E-state index is 12.4. The summed E-state index contributed by atoms with van der Waals surface area (Å²) in [5.41, 5.74) is 0. The molecule has 1 saturated carbocycles. The molecule has 124 valence electrons. The van der Waals surface area contributed by atoms with Gasteiger partial charge in [0.25, 0.3) is 0 Å². The molecule has 0 bridgehead atoms. The number of carbonyl (C=O) groups is 1. The Labute approximate surface area is 130 Å². The number of carbonyl (C=O) groups excluding carboxylic acids is 1. The summed E-state index contributed by atoms with van der Waals surface area (Å²) in [5, 5.41) is 0. The van der Waals surface area contributed by atoms with Crippen LogP contribution in [0.3, 0.4) is 0 Å². The Morgan fingerprint density at radius 2 is 1.86 bits per heavy atom. The third kappa shape index (κ3) is 6.82. The van der Waals surface area contributed by atoms with Crippen LogP contribution in [0, 0.1) is 17.8 Å². The van der Waals surface area contributed by atoms with Crippen LogP contribution in [0.15, 0.2) is 0 Å². The standard InChI is InChI=1S/C18H34O3/c1-4-6-10-15(5-2)13-21-18(19)17(14-20-3)16-11-8-7-9-12-16/h15-17H,4-14H2,1-3H3. The van der Waals surface area contributed by atoms with Crippen molar-refractivity contribution in [1.29, 1.82) is 0 Å². The zero-order chi connectivity index (χ0) is 15.5. The van der Waals surface area contributed by atoms with Crippen LogP contribution in [0.1, 0.15) is 71.6 Å². The zero-order valence-electron chi connectivity index (χ0n) is 14.2. The minimum atomic E-state index is -0.0565. The van der Waals surface area contributed by atoms with Crippen molar-refractivity contribution < 1.29 is 14.3 Å². The second-order valence-electron chi connectivity index (χ2n) is 6.51. The van der Waals surface area contributed by atoms with Gasteiger partial charge in [-0.2, -0.15) is 0 Å². The van der Waals surface area contributed by atoms with E-state index < -0.39 is 0 Å². The molecule has 21 heavy (non-hydrogen) atoms. The predicted molar refractivity (Wildman–Crippen MR) is 86.2 cm³/mol. The van der Waals surface area contributed by atoms with E-state index in [2.05, 4.69) is 13.8 Å². The highest BCUT2D eigenvalue weighted by Gasteiger charge is 2.31. The first kappa shape index (κ1) is 18.5. The van der Waals surface area contributed by atoms with E-state index in [4.69, 9.17) is 9.47 Å². The minimum absolute atomic E-state index is 0.0290. The van der Waals surface area contributed by atoms with Crippen molar-refractivity contribution in [2.45, 2.75) is 71.6 Å². The molecule has 0 radical (unpaired) electrons. The van der Waals surface area contributed by atoms with Gasteiger partial charge in [-0.3, -0.25) is 4.79 Å². The SMILES string of the molecule is CCCCC(CC)COC(=O)C(COC)C1CCCCC1. The molecule has 1 aliphatic carbocycles. The number of esters is 1. The Kier molecular flexibility index (Phi) is 9.73. The maximum atomic E-state index is 12.4. The largest absolute Gasteiger partial charge is 0.465 e. The molecule has 0 N–H and O–H groups in total. The van der Waals surface area contributed by atoms with Crippen molar-refractivity contribution in [3.8, 4) is 0 Å². The first-order valence-corrected chi connectivity index (χ1v) is 8.88. The van der Waals surface area contributed by atoms with Crippen LogP contribution >= 0.6 is 0 Å². The van der Waals surface area contributed by atoms with Crippen LogP contribution in [-0.4, -0.2) is 26.3 Å². The summed E-state index contributed by atoms with van der Waals surface area (Å²) in [6, 6.07) is 0. The van der Waals surface area contributed by atoms with Crippen molar-refractivity contribution in [3.05, 3.63) is 0 Å². The third-order valence-corrected chi connectivity index (χ3v) is 4.87. The Morgan fingerprint density at radius 1 is 1.14 bits per heavy atom. The number of hydrogen-bond acceptors (Lipinski definition) is 3. The number of ether oxygens (including phenoxy) is 2. The average molecular weight is 298 g/mol. The zero-order valence-corrected chi connectivity index (χ0v) is 14.2. The fourth-order valence-electron chi connectivity index (χ4n) is 3.32. The summed E-state index contributed by atoms with van der Waals surface area (Å²) in [6.45, 7) is 5.48. The molecule has 0 aliphatic heterocycles. The first-order chi connectivity index (χ1) is 10.2. The lowest BCUT2D eigenvalue weighted by atomic mass is 9.80. The molecule has 0 aromatic carbocycles. The van der Waals surface area contributed by atoms with Gasteiger partial charge in [0.05, 0.1) is 19.1 Å². The van der Waals surface area contributed by atoms with Crippen LogP contribution in [0.25, 0.3) is 0 Å². The van der Waals surface area contributed by atoms with Crippen molar-refractivity contribution in [3.63, 3.8) is 0 Å². The summed E-state index contributed by atoms with van der Waals surface area (Å²) in [6.07, 6.45) is 10.8. The molecule has 0 aromatic heterocycles. The fraction of sp³-hybridized carbons (Fsp3) is 0.944. The summed E-state index contributed by atoms with van der Waals surface area (Å²) < 4.78 is 10.9. The number of rotatable bonds is 10. The van der Waals surface area contributed by atoms with E-state index in [1.165, 1.54) is 38.5 Å². The highest BCUT2D eigenvalue weighted by molar-refractivity contribution is 5.73. The second-order valence-corrected chi connectivity index (χ2v) is 6.51. The van der Waals surface area contributed by atoms with Crippen molar-refractivity contribution in [2.24, 2.45) is 17.8 Å². The molecular formula is C18H34O3. The molecule has 0 heterocycles. The Hall–Kier alpha value is -0.570. The number of methoxy groups -OCH3 is 1. The molecule has 0 aromatic rings.